The summed E-state index contributed by atoms with van der Waals surface area (Å²) in [6.45, 7) is 0.524. The molecule has 0 saturated heterocycles. The fourth-order valence-electron chi connectivity index (χ4n) is 2.91. The first-order valence-electron chi connectivity index (χ1n) is 8.20. The summed E-state index contributed by atoms with van der Waals surface area (Å²) in [5, 5.41) is 13.8. The van der Waals surface area contributed by atoms with Gasteiger partial charge in [0, 0.05) is 43.4 Å². The van der Waals surface area contributed by atoms with Gasteiger partial charge >= 0.3 is 12.0 Å². The lowest BCUT2D eigenvalue weighted by Crippen LogP contribution is -2.46. The highest BCUT2D eigenvalue weighted by atomic mass is 19.1. The maximum atomic E-state index is 13.9. The fraction of sp³-hybridized carbons (Fsp3) is 0.353. The van der Waals surface area contributed by atoms with E-state index in [2.05, 4.69) is 15.6 Å². The topological polar surface area (TPSA) is 96.2 Å². The molecule has 3 N–H and O–H groups in total. The van der Waals surface area contributed by atoms with Crippen LogP contribution in [0.2, 0.25) is 0 Å². The van der Waals surface area contributed by atoms with Crippen LogP contribution in [0.15, 0.2) is 24.4 Å². The molecule has 1 aromatic heterocycles. The number of nitrogens with zero attached hydrogens (tertiary/aromatic N) is 2. The Morgan fingerprint density at radius 2 is 2.15 bits per heavy atom. The summed E-state index contributed by atoms with van der Waals surface area (Å²) in [4.78, 5) is 26.6. The molecule has 0 aliphatic carbocycles. The number of benzene rings is 1. The van der Waals surface area contributed by atoms with Crippen LogP contribution in [0.4, 0.5) is 13.6 Å². The monoisotopic (exact) mass is 364 g/mol. The molecule has 0 radical (unpaired) electrons. The maximum absolute atomic E-state index is 13.9. The number of aromatic nitrogens is 2. The fourth-order valence-corrected chi connectivity index (χ4v) is 2.91. The van der Waals surface area contributed by atoms with Crippen molar-refractivity contribution in [3.8, 4) is 11.3 Å². The first-order valence-corrected chi connectivity index (χ1v) is 8.20. The van der Waals surface area contributed by atoms with Gasteiger partial charge in [0.15, 0.2) is 0 Å². The molecule has 0 spiro atoms. The van der Waals surface area contributed by atoms with Gasteiger partial charge in [0.2, 0.25) is 0 Å². The number of aryl methyl sites for hydroxylation is 1. The number of carboxylic acid groups (broad SMARTS) is 1. The van der Waals surface area contributed by atoms with Crippen molar-refractivity contribution in [3.05, 3.63) is 41.9 Å². The number of aliphatic carboxylic acids is 1. The van der Waals surface area contributed by atoms with Gasteiger partial charge in [-0.2, -0.15) is 0 Å². The maximum Gasteiger partial charge on any atom is 0.315 e. The summed E-state index contributed by atoms with van der Waals surface area (Å²) in [7, 11) is 0. The lowest BCUT2D eigenvalue weighted by atomic mass is 10.1. The Bertz CT molecular complexity index is 837. The standard InChI is InChI=1S/C17H18F2N4O3/c18-10-1-3-12(13(19)7-10)14-9-23-8-11(2-4-15(23)22-14)21-17(26)20-6-5-16(24)25/h1,3,7,9,11H,2,4-6,8H2,(H,24,25)(H2,20,21,26). The average molecular weight is 364 g/mol. The number of hydrogen-bond acceptors (Lipinski definition) is 3. The molecule has 9 heteroatoms. The molecule has 1 unspecified atom stereocenters. The smallest absolute Gasteiger partial charge is 0.315 e. The van der Waals surface area contributed by atoms with Crippen molar-refractivity contribution in [2.24, 2.45) is 0 Å². The van der Waals surface area contributed by atoms with Gasteiger partial charge < -0.3 is 20.3 Å². The number of hydrogen-bond donors (Lipinski definition) is 3. The summed E-state index contributed by atoms with van der Waals surface area (Å²) < 4.78 is 28.8. The summed E-state index contributed by atoms with van der Waals surface area (Å²) in [5.74, 6) is -1.53. The second-order valence-corrected chi connectivity index (χ2v) is 6.10. The Labute approximate surface area is 148 Å². The Morgan fingerprint density at radius 3 is 2.88 bits per heavy atom. The van der Waals surface area contributed by atoms with Crippen molar-refractivity contribution in [1.29, 1.82) is 0 Å². The number of fused-ring (bicyclic) bond motifs is 1. The zero-order chi connectivity index (χ0) is 18.7. The van der Waals surface area contributed by atoms with Crippen molar-refractivity contribution >= 4 is 12.0 Å². The summed E-state index contributed by atoms with van der Waals surface area (Å²) in [6, 6.07) is 2.78. The van der Waals surface area contributed by atoms with Crippen LogP contribution in [-0.4, -0.2) is 39.2 Å². The van der Waals surface area contributed by atoms with Crippen molar-refractivity contribution in [1.82, 2.24) is 20.2 Å². The molecule has 1 aliphatic rings. The van der Waals surface area contributed by atoms with E-state index in [4.69, 9.17) is 5.11 Å². The van der Waals surface area contributed by atoms with Crippen LogP contribution >= 0.6 is 0 Å². The van der Waals surface area contributed by atoms with E-state index < -0.39 is 23.6 Å². The highest BCUT2D eigenvalue weighted by molar-refractivity contribution is 5.75. The van der Waals surface area contributed by atoms with Gasteiger partial charge in [-0.1, -0.05) is 0 Å². The van der Waals surface area contributed by atoms with Crippen molar-refractivity contribution in [2.75, 3.05) is 6.54 Å². The van der Waals surface area contributed by atoms with Crippen LogP contribution in [0.5, 0.6) is 0 Å². The first-order chi connectivity index (χ1) is 12.4. The molecule has 138 valence electrons. The van der Waals surface area contributed by atoms with Gasteiger partial charge in [0.25, 0.3) is 0 Å². The normalized spacial score (nSPS) is 16.0. The Morgan fingerprint density at radius 1 is 1.35 bits per heavy atom. The molecule has 2 amide bonds. The Kier molecular flexibility index (Phi) is 5.15. The summed E-state index contributed by atoms with van der Waals surface area (Å²) in [5.41, 5.74) is 0.647. The van der Waals surface area contributed by atoms with Crippen LogP contribution in [0, 0.1) is 11.6 Å². The molecule has 1 aromatic carbocycles. The minimum atomic E-state index is -0.980. The van der Waals surface area contributed by atoms with E-state index in [1.165, 1.54) is 12.1 Å². The van der Waals surface area contributed by atoms with Crippen LogP contribution in [0.1, 0.15) is 18.7 Å². The molecule has 7 nitrogen and oxygen atoms in total. The van der Waals surface area contributed by atoms with Gasteiger partial charge in [-0.15, -0.1) is 0 Å². The second-order valence-electron chi connectivity index (χ2n) is 6.10. The summed E-state index contributed by atoms with van der Waals surface area (Å²) >= 11 is 0. The molecule has 0 fully saturated rings. The molecular weight excluding hydrogens is 346 g/mol. The van der Waals surface area contributed by atoms with Gasteiger partial charge in [-0.05, 0) is 18.6 Å². The van der Waals surface area contributed by atoms with Crippen molar-refractivity contribution < 1.29 is 23.5 Å². The van der Waals surface area contributed by atoms with Crippen LogP contribution < -0.4 is 10.6 Å². The number of carbonyl (C=O) groups is 2. The Balaban J connectivity index is 1.63. The SMILES string of the molecule is O=C(O)CCNC(=O)NC1CCc2nc(-c3ccc(F)cc3F)cn2C1. The second kappa shape index (κ2) is 7.51. The molecule has 2 aromatic rings. The van der Waals surface area contributed by atoms with E-state index in [0.29, 0.717) is 25.1 Å². The minimum absolute atomic E-state index is 0.0538. The van der Waals surface area contributed by atoms with Crippen LogP contribution in [0.3, 0.4) is 0 Å². The number of urea groups is 1. The third kappa shape index (κ3) is 4.16. The number of carbonyl (C=O) groups excluding carboxylic acids is 1. The predicted octanol–water partition coefficient (Wildman–Crippen LogP) is 1.92. The van der Waals surface area contributed by atoms with Crippen molar-refractivity contribution in [3.63, 3.8) is 0 Å². The number of imidazole rings is 1. The molecule has 3 rings (SSSR count). The average Bonchev–Trinajstić information content (AvgIpc) is 2.97. The van der Waals surface area contributed by atoms with Gasteiger partial charge in [0.1, 0.15) is 17.5 Å². The highest BCUT2D eigenvalue weighted by Gasteiger charge is 2.23. The van der Waals surface area contributed by atoms with Gasteiger partial charge in [-0.3, -0.25) is 4.79 Å². The highest BCUT2D eigenvalue weighted by Crippen LogP contribution is 2.25. The third-order valence-electron chi connectivity index (χ3n) is 4.16. The van der Waals surface area contributed by atoms with E-state index in [1.54, 1.807) is 6.20 Å². The van der Waals surface area contributed by atoms with Crippen LogP contribution in [0.25, 0.3) is 11.3 Å². The molecule has 0 bridgehead atoms. The lowest BCUT2D eigenvalue weighted by Gasteiger charge is -2.24. The molecule has 1 atom stereocenters. The largest absolute Gasteiger partial charge is 0.481 e. The van der Waals surface area contributed by atoms with Gasteiger partial charge in [-0.25, -0.2) is 18.6 Å². The van der Waals surface area contributed by atoms with Gasteiger partial charge in [0.05, 0.1) is 12.1 Å². The molecule has 1 aliphatic heterocycles. The lowest BCUT2D eigenvalue weighted by molar-refractivity contribution is -0.136. The number of rotatable bonds is 5. The first kappa shape index (κ1) is 17.8. The molecule has 2 heterocycles. The van der Waals surface area contributed by atoms with E-state index in [0.717, 1.165) is 11.9 Å². The minimum Gasteiger partial charge on any atom is -0.481 e. The zero-order valence-corrected chi connectivity index (χ0v) is 13.8. The Hall–Kier alpha value is -2.97. The number of carboxylic acids is 1. The summed E-state index contributed by atoms with van der Waals surface area (Å²) in [6.07, 6.45) is 2.80. The predicted molar refractivity (Wildman–Crippen MR) is 88.5 cm³/mol. The molecular formula is C17H18F2N4O3. The zero-order valence-electron chi connectivity index (χ0n) is 13.8. The van der Waals surface area contributed by atoms with E-state index in [9.17, 15) is 18.4 Å². The third-order valence-corrected chi connectivity index (χ3v) is 4.16. The van der Waals surface area contributed by atoms with E-state index in [-0.39, 0.29) is 24.6 Å². The quantitative estimate of drug-likeness (QED) is 0.755. The number of nitrogens with one attached hydrogen (secondary N) is 2. The molecule has 26 heavy (non-hydrogen) atoms. The molecule has 0 saturated carbocycles. The van der Waals surface area contributed by atoms with E-state index >= 15 is 0 Å². The number of amides is 2. The van der Waals surface area contributed by atoms with Crippen LogP contribution in [-0.2, 0) is 17.8 Å². The van der Waals surface area contributed by atoms with Crippen molar-refractivity contribution in [2.45, 2.75) is 31.8 Å². The number of halogens is 2. The van der Waals surface area contributed by atoms with E-state index in [1.807, 2.05) is 4.57 Å².